The van der Waals surface area contributed by atoms with Gasteiger partial charge in [0.1, 0.15) is 0 Å². The Kier molecular flexibility index (Phi) is 3.97. The van der Waals surface area contributed by atoms with E-state index in [4.69, 9.17) is 4.52 Å². The lowest BCUT2D eigenvalue weighted by molar-refractivity contribution is -0.145. The number of hydrogen-bond acceptors (Lipinski definition) is 5. The summed E-state index contributed by atoms with van der Waals surface area (Å²) in [7, 11) is 2.12. The first kappa shape index (κ1) is 14.5. The zero-order valence-electron chi connectivity index (χ0n) is 12.9. The Hall–Kier alpha value is -1.43. The fourth-order valence-electron chi connectivity index (χ4n) is 3.44. The Morgan fingerprint density at radius 2 is 2.14 bits per heavy atom. The summed E-state index contributed by atoms with van der Waals surface area (Å²) >= 11 is 0. The van der Waals surface area contributed by atoms with Gasteiger partial charge in [-0.15, -0.1) is 0 Å². The second-order valence-corrected chi connectivity index (χ2v) is 6.74. The molecule has 1 aromatic rings. The number of carbonyl (C=O) groups excluding carboxylic acids is 1. The highest BCUT2D eigenvalue weighted by atomic mass is 16.5. The van der Waals surface area contributed by atoms with E-state index in [9.17, 15) is 4.79 Å². The number of hydrogen-bond donors (Lipinski definition) is 0. The van der Waals surface area contributed by atoms with Crippen molar-refractivity contribution in [2.45, 2.75) is 38.5 Å². The number of likely N-dealkylation sites (tertiary alicyclic amines) is 2. The molecule has 0 N–H and O–H groups in total. The van der Waals surface area contributed by atoms with Gasteiger partial charge in [0.25, 0.3) is 0 Å². The molecule has 0 spiro atoms. The van der Waals surface area contributed by atoms with Gasteiger partial charge in [0.05, 0.1) is 0 Å². The Balaban J connectivity index is 1.67. The van der Waals surface area contributed by atoms with E-state index in [1.54, 1.807) is 0 Å². The van der Waals surface area contributed by atoms with Gasteiger partial charge in [0, 0.05) is 24.4 Å². The molecule has 1 atom stereocenters. The number of amides is 1. The van der Waals surface area contributed by atoms with E-state index >= 15 is 0 Å². The molecule has 3 heterocycles. The van der Waals surface area contributed by atoms with Crippen molar-refractivity contribution in [3.63, 3.8) is 0 Å². The maximum atomic E-state index is 12.9. The quantitative estimate of drug-likeness (QED) is 0.827. The first-order chi connectivity index (χ1) is 10.1. The zero-order chi connectivity index (χ0) is 14.9. The van der Waals surface area contributed by atoms with Gasteiger partial charge in [-0.25, -0.2) is 0 Å². The number of aromatic nitrogens is 2. The van der Waals surface area contributed by atoms with Crippen LogP contribution in [0.3, 0.4) is 0 Å². The third kappa shape index (κ3) is 2.95. The molecule has 21 heavy (non-hydrogen) atoms. The van der Waals surface area contributed by atoms with E-state index in [0.717, 1.165) is 57.7 Å². The van der Waals surface area contributed by atoms with Crippen molar-refractivity contribution in [3.8, 4) is 0 Å². The van der Waals surface area contributed by atoms with Crippen molar-refractivity contribution in [2.75, 3.05) is 33.2 Å². The maximum absolute atomic E-state index is 12.9. The van der Waals surface area contributed by atoms with Gasteiger partial charge in [-0.1, -0.05) is 12.1 Å². The fraction of sp³-hybridized carbons (Fsp3) is 0.800. The minimum atomic E-state index is -0.203. The molecule has 1 aromatic heterocycles. The fourth-order valence-corrected chi connectivity index (χ4v) is 3.44. The highest BCUT2D eigenvalue weighted by Gasteiger charge is 2.40. The third-order valence-corrected chi connectivity index (χ3v) is 5.06. The molecule has 2 aliphatic rings. The van der Waals surface area contributed by atoms with Crippen LogP contribution in [-0.4, -0.2) is 59.1 Å². The van der Waals surface area contributed by atoms with Crippen LogP contribution in [0.1, 0.15) is 44.3 Å². The first-order valence-corrected chi connectivity index (χ1v) is 7.83. The molecule has 0 radical (unpaired) electrons. The summed E-state index contributed by atoms with van der Waals surface area (Å²) in [6.45, 7) is 5.72. The molecule has 6 nitrogen and oxygen atoms in total. The molecule has 2 saturated heterocycles. The van der Waals surface area contributed by atoms with Crippen molar-refractivity contribution >= 4 is 5.91 Å². The average Bonchev–Trinajstić information content (AvgIpc) is 3.04. The zero-order valence-corrected chi connectivity index (χ0v) is 12.9. The standard InChI is InChI=1S/C15H24N4O2/c1-15(5-8-18(2)9-6-15)14(20)19-7-3-4-12(10-19)13-16-11-21-17-13/h11-12H,3-10H2,1-2H3/t12-/m0/s1. The molecule has 1 amide bonds. The van der Waals surface area contributed by atoms with E-state index in [-0.39, 0.29) is 11.3 Å². The molecular formula is C15H24N4O2. The van der Waals surface area contributed by atoms with Crippen LogP contribution in [0, 0.1) is 5.41 Å². The Bertz CT molecular complexity index is 480. The predicted octanol–water partition coefficient (Wildman–Crippen LogP) is 1.51. The van der Waals surface area contributed by atoms with Gasteiger partial charge in [-0.05, 0) is 45.8 Å². The molecule has 0 aliphatic carbocycles. The second-order valence-electron chi connectivity index (χ2n) is 6.74. The molecule has 3 rings (SSSR count). The first-order valence-electron chi connectivity index (χ1n) is 7.83. The van der Waals surface area contributed by atoms with E-state index in [0.29, 0.717) is 5.91 Å². The summed E-state index contributed by atoms with van der Waals surface area (Å²) in [4.78, 5) is 21.4. The summed E-state index contributed by atoms with van der Waals surface area (Å²) in [6.07, 6.45) is 5.31. The lowest BCUT2D eigenvalue weighted by Crippen LogP contribution is -2.50. The van der Waals surface area contributed by atoms with Crippen LogP contribution in [0.15, 0.2) is 10.9 Å². The minimum Gasteiger partial charge on any atom is -0.343 e. The largest absolute Gasteiger partial charge is 0.343 e. The van der Waals surface area contributed by atoms with Crippen LogP contribution >= 0.6 is 0 Å². The monoisotopic (exact) mass is 292 g/mol. The average molecular weight is 292 g/mol. The summed E-state index contributed by atoms with van der Waals surface area (Å²) in [6, 6.07) is 0. The van der Waals surface area contributed by atoms with Gasteiger partial charge in [-0.2, -0.15) is 4.98 Å². The molecule has 2 aliphatic heterocycles. The SMILES string of the molecule is CN1CCC(C)(C(=O)N2CCC[C@H](c3ncon3)C2)CC1. The summed E-state index contributed by atoms with van der Waals surface area (Å²) in [5.41, 5.74) is -0.203. The van der Waals surface area contributed by atoms with E-state index < -0.39 is 0 Å². The molecule has 0 aromatic carbocycles. The Morgan fingerprint density at radius 3 is 2.81 bits per heavy atom. The lowest BCUT2D eigenvalue weighted by Gasteiger charge is -2.42. The smallest absolute Gasteiger partial charge is 0.228 e. The topological polar surface area (TPSA) is 62.5 Å². The van der Waals surface area contributed by atoms with Gasteiger partial charge >= 0.3 is 0 Å². The number of rotatable bonds is 2. The summed E-state index contributed by atoms with van der Waals surface area (Å²) in [5, 5.41) is 3.94. The normalized spacial score (nSPS) is 26.8. The van der Waals surface area contributed by atoms with Gasteiger partial charge < -0.3 is 14.3 Å². The van der Waals surface area contributed by atoms with Gasteiger partial charge in [0.2, 0.25) is 12.3 Å². The van der Waals surface area contributed by atoms with Crippen LogP contribution in [0.25, 0.3) is 0 Å². The minimum absolute atomic E-state index is 0.203. The van der Waals surface area contributed by atoms with Crippen molar-refractivity contribution in [1.29, 1.82) is 0 Å². The van der Waals surface area contributed by atoms with E-state index in [1.807, 2.05) is 4.90 Å². The summed E-state index contributed by atoms with van der Waals surface area (Å²) < 4.78 is 4.84. The van der Waals surface area contributed by atoms with Crippen LogP contribution in [0.5, 0.6) is 0 Å². The Labute approximate surface area is 125 Å². The van der Waals surface area contributed by atoms with E-state index in [2.05, 4.69) is 29.0 Å². The van der Waals surface area contributed by atoms with Crippen LogP contribution < -0.4 is 0 Å². The highest BCUT2D eigenvalue weighted by Crippen LogP contribution is 2.35. The lowest BCUT2D eigenvalue weighted by atomic mass is 9.78. The van der Waals surface area contributed by atoms with Crippen molar-refractivity contribution in [2.24, 2.45) is 5.41 Å². The number of nitrogens with zero attached hydrogens (tertiary/aromatic N) is 4. The van der Waals surface area contributed by atoms with Crippen molar-refractivity contribution < 1.29 is 9.32 Å². The Morgan fingerprint density at radius 1 is 1.38 bits per heavy atom. The van der Waals surface area contributed by atoms with Crippen LogP contribution in [0.2, 0.25) is 0 Å². The third-order valence-electron chi connectivity index (χ3n) is 5.06. The molecule has 0 unspecified atom stereocenters. The van der Waals surface area contributed by atoms with Gasteiger partial charge in [-0.3, -0.25) is 4.79 Å². The predicted molar refractivity (Wildman–Crippen MR) is 77.7 cm³/mol. The summed E-state index contributed by atoms with van der Waals surface area (Å²) in [5.74, 6) is 1.26. The highest BCUT2D eigenvalue weighted by molar-refractivity contribution is 5.82. The molecule has 6 heteroatoms. The van der Waals surface area contributed by atoms with Crippen LogP contribution in [-0.2, 0) is 4.79 Å². The number of carbonyl (C=O) groups is 1. The van der Waals surface area contributed by atoms with Crippen molar-refractivity contribution in [3.05, 3.63) is 12.2 Å². The number of piperidine rings is 2. The molecule has 2 fully saturated rings. The van der Waals surface area contributed by atoms with Crippen molar-refractivity contribution in [1.82, 2.24) is 19.9 Å². The van der Waals surface area contributed by atoms with Gasteiger partial charge in [0.15, 0.2) is 5.82 Å². The van der Waals surface area contributed by atoms with E-state index in [1.165, 1.54) is 6.39 Å². The van der Waals surface area contributed by atoms with Crippen LogP contribution in [0.4, 0.5) is 0 Å². The molecule has 0 bridgehead atoms. The molecule has 116 valence electrons. The maximum Gasteiger partial charge on any atom is 0.228 e. The second kappa shape index (κ2) is 5.75. The molecule has 0 saturated carbocycles. The molecular weight excluding hydrogens is 268 g/mol.